The second-order valence-electron chi connectivity index (χ2n) is 4.24. The molecule has 1 fully saturated rings. The van der Waals surface area contributed by atoms with E-state index in [4.69, 9.17) is 9.47 Å². The molecule has 90 valence electrons. The van der Waals surface area contributed by atoms with Crippen molar-refractivity contribution in [1.82, 2.24) is 5.32 Å². The minimum absolute atomic E-state index is 0.381. The van der Waals surface area contributed by atoms with Gasteiger partial charge in [-0.2, -0.15) is 0 Å². The van der Waals surface area contributed by atoms with E-state index in [9.17, 15) is 0 Å². The van der Waals surface area contributed by atoms with Crippen LogP contribution in [0.4, 0.5) is 0 Å². The predicted molar refractivity (Wildman–Crippen MR) is 62.2 cm³/mol. The minimum Gasteiger partial charge on any atom is -0.381 e. The smallest absolute Gasteiger partial charge is 0.0700 e. The third kappa shape index (κ3) is 5.50. The SMILES string of the molecule is CCCCOCCCNC1CCOC1C. The van der Waals surface area contributed by atoms with Crippen molar-refractivity contribution >= 4 is 0 Å². The Morgan fingerprint density at radius 2 is 2.13 bits per heavy atom. The molecule has 0 aliphatic carbocycles. The van der Waals surface area contributed by atoms with Gasteiger partial charge < -0.3 is 14.8 Å². The van der Waals surface area contributed by atoms with Crippen LogP contribution in [0.5, 0.6) is 0 Å². The fourth-order valence-corrected chi connectivity index (χ4v) is 1.81. The molecule has 1 saturated heterocycles. The van der Waals surface area contributed by atoms with Crippen LogP contribution in [-0.4, -0.2) is 38.5 Å². The first kappa shape index (κ1) is 12.9. The van der Waals surface area contributed by atoms with Gasteiger partial charge in [0, 0.05) is 25.9 Å². The number of ether oxygens (including phenoxy) is 2. The molecule has 1 rings (SSSR count). The lowest BCUT2D eigenvalue weighted by Crippen LogP contribution is -2.35. The van der Waals surface area contributed by atoms with E-state index in [1.165, 1.54) is 12.8 Å². The number of hydrogen-bond acceptors (Lipinski definition) is 3. The van der Waals surface area contributed by atoms with E-state index < -0.39 is 0 Å². The first-order valence-corrected chi connectivity index (χ1v) is 6.27. The molecule has 0 radical (unpaired) electrons. The van der Waals surface area contributed by atoms with E-state index in [1.54, 1.807) is 0 Å². The fraction of sp³-hybridized carbons (Fsp3) is 1.00. The van der Waals surface area contributed by atoms with Gasteiger partial charge in [-0.3, -0.25) is 0 Å². The van der Waals surface area contributed by atoms with Crippen molar-refractivity contribution in [2.75, 3.05) is 26.4 Å². The molecule has 2 unspecified atom stereocenters. The Hall–Kier alpha value is -0.120. The van der Waals surface area contributed by atoms with Crippen LogP contribution in [0, 0.1) is 0 Å². The minimum atomic E-state index is 0.381. The molecule has 0 amide bonds. The van der Waals surface area contributed by atoms with Crippen LogP contribution >= 0.6 is 0 Å². The summed E-state index contributed by atoms with van der Waals surface area (Å²) in [6.45, 7) is 8.08. The quantitative estimate of drug-likeness (QED) is 0.628. The molecule has 0 aromatic rings. The van der Waals surface area contributed by atoms with E-state index in [0.29, 0.717) is 12.1 Å². The summed E-state index contributed by atoms with van der Waals surface area (Å²) in [6.07, 6.45) is 5.03. The normalized spacial score (nSPS) is 26.0. The highest BCUT2D eigenvalue weighted by molar-refractivity contribution is 4.78. The topological polar surface area (TPSA) is 30.5 Å². The van der Waals surface area contributed by atoms with Gasteiger partial charge in [0.2, 0.25) is 0 Å². The number of unbranched alkanes of at least 4 members (excludes halogenated alkanes) is 1. The first-order valence-electron chi connectivity index (χ1n) is 6.27. The molecule has 1 aliphatic rings. The van der Waals surface area contributed by atoms with Gasteiger partial charge in [-0.1, -0.05) is 13.3 Å². The van der Waals surface area contributed by atoms with Gasteiger partial charge in [-0.05, 0) is 32.7 Å². The summed E-state index contributed by atoms with van der Waals surface area (Å²) in [5.41, 5.74) is 0. The third-order valence-corrected chi connectivity index (χ3v) is 2.89. The van der Waals surface area contributed by atoms with Gasteiger partial charge in [0.25, 0.3) is 0 Å². The number of rotatable bonds is 8. The van der Waals surface area contributed by atoms with Gasteiger partial charge >= 0.3 is 0 Å². The Morgan fingerprint density at radius 1 is 1.33 bits per heavy atom. The first-order chi connectivity index (χ1) is 7.34. The van der Waals surface area contributed by atoms with Crippen molar-refractivity contribution in [3.8, 4) is 0 Å². The second-order valence-corrected chi connectivity index (χ2v) is 4.24. The zero-order valence-electron chi connectivity index (χ0n) is 10.1. The molecule has 3 heteroatoms. The van der Waals surface area contributed by atoms with Gasteiger partial charge in [0.15, 0.2) is 0 Å². The Balaban J connectivity index is 1.84. The Kier molecular flexibility index (Phi) is 6.98. The summed E-state index contributed by atoms with van der Waals surface area (Å²) in [5, 5.41) is 3.52. The molecule has 0 bridgehead atoms. The summed E-state index contributed by atoms with van der Waals surface area (Å²) in [4.78, 5) is 0. The lowest BCUT2D eigenvalue weighted by molar-refractivity contribution is 0.109. The molecule has 15 heavy (non-hydrogen) atoms. The predicted octanol–water partition coefficient (Wildman–Crippen LogP) is 1.96. The molecule has 1 aliphatic heterocycles. The molecule has 1 heterocycles. The molecule has 0 aromatic carbocycles. The van der Waals surface area contributed by atoms with Gasteiger partial charge in [0.1, 0.15) is 0 Å². The summed E-state index contributed by atoms with van der Waals surface area (Å²) < 4.78 is 11.0. The largest absolute Gasteiger partial charge is 0.381 e. The summed E-state index contributed by atoms with van der Waals surface area (Å²) in [6, 6.07) is 0.556. The average molecular weight is 215 g/mol. The Morgan fingerprint density at radius 3 is 2.80 bits per heavy atom. The lowest BCUT2D eigenvalue weighted by atomic mass is 10.1. The monoisotopic (exact) mass is 215 g/mol. The lowest BCUT2D eigenvalue weighted by Gasteiger charge is -2.15. The van der Waals surface area contributed by atoms with Crippen LogP contribution in [0.2, 0.25) is 0 Å². The average Bonchev–Trinajstić information content (AvgIpc) is 2.63. The summed E-state index contributed by atoms with van der Waals surface area (Å²) in [5.74, 6) is 0. The Bertz CT molecular complexity index is 153. The highest BCUT2D eigenvalue weighted by Crippen LogP contribution is 2.12. The van der Waals surface area contributed by atoms with Crippen LogP contribution in [0.15, 0.2) is 0 Å². The van der Waals surface area contributed by atoms with E-state index in [2.05, 4.69) is 19.2 Å². The van der Waals surface area contributed by atoms with Gasteiger partial charge in [-0.15, -0.1) is 0 Å². The van der Waals surface area contributed by atoms with Crippen LogP contribution in [0.1, 0.15) is 39.5 Å². The van der Waals surface area contributed by atoms with Crippen molar-refractivity contribution in [1.29, 1.82) is 0 Å². The molecule has 0 spiro atoms. The molecular formula is C12H25NO2. The maximum Gasteiger partial charge on any atom is 0.0700 e. The molecule has 0 aromatic heterocycles. The molecule has 0 saturated carbocycles. The molecule has 3 nitrogen and oxygen atoms in total. The molecule has 2 atom stereocenters. The number of nitrogens with one attached hydrogen (secondary N) is 1. The van der Waals surface area contributed by atoms with Crippen molar-refractivity contribution < 1.29 is 9.47 Å². The second kappa shape index (κ2) is 8.08. The van der Waals surface area contributed by atoms with E-state index >= 15 is 0 Å². The van der Waals surface area contributed by atoms with Crippen LogP contribution in [0.3, 0.4) is 0 Å². The fourth-order valence-electron chi connectivity index (χ4n) is 1.81. The zero-order valence-corrected chi connectivity index (χ0v) is 10.1. The van der Waals surface area contributed by atoms with E-state index in [-0.39, 0.29) is 0 Å². The van der Waals surface area contributed by atoms with Crippen molar-refractivity contribution in [3.05, 3.63) is 0 Å². The van der Waals surface area contributed by atoms with Crippen molar-refractivity contribution in [2.45, 2.75) is 51.7 Å². The van der Waals surface area contributed by atoms with Gasteiger partial charge in [-0.25, -0.2) is 0 Å². The van der Waals surface area contributed by atoms with E-state index in [1.807, 2.05) is 0 Å². The number of hydrogen-bond donors (Lipinski definition) is 1. The van der Waals surface area contributed by atoms with Crippen molar-refractivity contribution in [3.63, 3.8) is 0 Å². The maximum absolute atomic E-state index is 5.49. The summed E-state index contributed by atoms with van der Waals surface area (Å²) in [7, 11) is 0. The van der Waals surface area contributed by atoms with Crippen LogP contribution in [0.25, 0.3) is 0 Å². The van der Waals surface area contributed by atoms with Crippen LogP contribution in [-0.2, 0) is 9.47 Å². The van der Waals surface area contributed by atoms with E-state index in [0.717, 1.165) is 39.2 Å². The standard InChI is InChI=1S/C12H25NO2/c1-3-4-8-14-9-5-7-13-12-6-10-15-11(12)2/h11-13H,3-10H2,1-2H3. The highest BCUT2D eigenvalue weighted by Gasteiger charge is 2.22. The van der Waals surface area contributed by atoms with Crippen LogP contribution < -0.4 is 5.32 Å². The molecule has 1 N–H and O–H groups in total. The summed E-state index contributed by atoms with van der Waals surface area (Å²) >= 11 is 0. The Labute approximate surface area is 93.5 Å². The third-order valence-electron chi connectivity index (χ3n) is 2.89. The maximum atomic E-state index is 5.49. The highest BCUT2D eigenvalue weighted by atomic mass is 16.5. The van der Waals surface area contributed by atoms with Gasteiger partial charge in [0.05, 0.1) is 6.10 Å². The zero-order chi connectivity index (χ0) is 10.9. The molecular weight excluding hydrogens is 190 g/mol. The van der Waals surface area contributed by atoms with Crippen molar-refractivity contribution in [2.24, 2.45) is 0 Å².